The van der Waals surface area contributed by atoms with Crippen molar-refractivity contribution in [2.75, 3.05) is 25.1 Å². The van der Waals surface area contributed by atoms with E-state index in [1.807, 2.05) is 4.90 Å². The fourth-order valence-corrected chi connectivity index (χ4v) is 2.09. The molecule has 2 aromatic heterocycles. The first-order valence-electron chi connectivity index (χ1n) is 6.50. The minimum Gasteiger partial charge on any atom is -0.494 e. The van der Waals surface area contributed by atoms with Crippen LogP contribution in [-0.4, -0.2) is 46.2 Å². The van der Waals surface area contributed by atoms with Crippen LogP contribution in [0.4, 0.5) is 10.3 Å². The van der Waals surface area contributed by atoms with Crippen LogP contribution in [0.2, 0.25) is 0 Å². The average molecular weight is 291 g/mol. The normalized spacial score (nSPS) is 17.8. The maximum absolute atomic E-state index is 12.8. The van der Waals surface area contributed by atoms with Crippen LogP contribution in [0.15, 0.2) is 24.8 Å². The zero-order valence-electron chi connectivity index (χ0n) is 11.4. The highest BCUT2D eigenvalue weighted by molar-refractivity contribution is 5.31. The van der Waals surface area contributed by atoms with Gasteiger partial charge in [0.15, 0.2) is 11.6 Å². The summed E-state index contributed by atoms with van der Waals surface area (Å²) >= 11 is 0. The van der Waals surface area contributed by atoms with Crippen LogP contribution in [0.3, 0.4) is 0 Å². The van der Waals surface area contributed by atoms with Crippen LogP contribution < -0.4 is 14.4 Å². The molecule has 3 rings (SSSR count). The first kappa shape index (κ1) is 13.5. The zero-order chi connectivity index (χ0) is 14.7. The summed E-state index contributed by atoms with van der Waals surface area (Å²) in [5, 5.41) is 0. The quantitative estimate of drug-likeness (QED) is 0.834. The van der Waals surface area contributed by atoms with Crippen molar-refractivity contribution < 1.29 is 13.9 Å². The van der Waals surface area contributed by atoms with Crippen LogP contribution in [0.25, 0.3) is 0 Å². The van der Waals surface area contributed by atoms with Gasteiger partial charge in [-0.3, -0.25) is 0 Å². The molecule has 1 aliphatic rings. The molecule has 1 saturated heterocycles. The lowest BCUT2D eigenvalue weighted by molar-refractivity contribution is 0.205. The fourth-order valence-electron chi connectivity index (χ4n) is 2.09. The van der Waals surface area contributed by atoms with Crippen molar-refractivity contribution >= 4 is 5.95 Å². The number of hydrogen-bond donors (Lipinski definition) is 0. The molecular weight excluding hydrogens is 277 g/mol. The van der Waals surface area contributed by atoms with E-state index in [0.717, 1.165) is 25.4 Å². The van der Waals surface area contributed by atoms with E-state index in [2.05, 4.69) is 19.9 Å². The predicted octanol–water partition coefficient (Wildman–Crippen LogP) is 1.07. The van der Waals surface area contributed by atoms with Gasteiger partial charge in [0.1, 0.15) is 6.10 Å². The summed E-state index contributed by atoms with van der Waals surface area (Å²) < 4.78 is 23.5. The van der Waals surface area contributed by atoms with E-state index in [9.17, 15) is 4.39 Å². The maximum Gasteiger partial charge on any atom is 0.316 e. The summed E-state index contributed by atoms with van der Waals surface area (Å²) in [6.45, 7) is 1.35. The Morgan fingerprint density at radius 1 is 1.14 bits per heavy atom. The summed E-state index contributed by atoms with van der Waals surface area (Å²) in [4.78, 5) is 18.0. The zero-order valence-corrected chi connectivity index (χ0v) is 11.4. The van der Waals surface area contributed by atoms with E-state index in [-0.39, 0.29) is 6.10 Å². The van der Waals surface area contributed by atoms with Gasteiger partial charge in [-0.05, 0) is 0 Å². The Bertz CT molecular complexity index is 593. The number of methoxy groups -OCH3 is 1. The van der Waals surface area contributed by atoms with Crippen molar-refractivity contribution in [2.45, 2.75) is 12.5 Å². The molecule has 0 N–H and O–H groups in total. The van der Waals surface area contributed by atoms with Gasteiger partial charge in [0.05, 0.1) is 38.4 Å². The Kier molecular flexibility index (Phi) is 3.76. The third-order valence-corrected chi connectivity index (χ3v) is 3.15. The Morgan fingerprint density at radius 2 is 1.86 bits per heavy atom. The monoisotopic (exact) mass is 291 g/mol. The number of halogens is 1. The smallest absolute Gasteiger partial charge is 0.316 e. The van der Waals surface area contributed by atoms with Crippen molar-refractivity contribution in [1.82, 2.24) is 19.9 Å². The second-order valence-electron chi connectivity index (χ2n) is 4.58. The Hall–Kier alpha value is -2.51. The SMILES string of the molecule is COc1cnc(OC2CCN(c3ncc(F)cn3)C2)nc1. The molecule has 21 heavy (non-hydrogen) atoms. The van der Waals surface area contributed by atoms with E-state index < -0.39 is 5.82 Å². The molecule has 0 amide bonds. The van der Waals surface area contributed by atoms with Crippen LogP contribution >= 0.6 is 0 Å². The molecule has 7 nitrogen and oxygen atoms in total. The first-order chi connectivity index (χ1) is 10.2. The lowest BCUT2D eigenvalue weighted by atomic mass is 10.3. The summed E-state index contributed by atoms with van der Waals surface area (Å²) in [6, 6.07) is 0.308. The minimum absolute atomic E-state index is 0.0490. The van der Waals surface area contributed by atoms with E-state index in [4.69, 9.17) is 9.47 Å². The molecular formula is C13H14FN5O2. The second-order valence-corrected chi connectivity index (χ2v) is 4.58. The maximum atomic E-state index is 12.8. The molecule has 1 unspecified atom stereocenters. The van der Waals surface area contributed by atoms with Crippen LogP contribution in [0, 0.1) is 5.82 Å². The number of hydrogen-bond acceptors (Lipinski definition) is 7. The predicted molar refractivity (Wildman–Crippen MR) is 71.8 cm³/mol. The number of rotatable bonds is 4. The summed E-state index contributed by atoms with van der Waals surface area (Å²) in [5.41, 5.74) is 0. The van der Waals surface area contributed by atoms with Crippen molar-refractivity contribution in [3.05, 3.63) is 30.6 Å². The van der Waals surface area contributed by atoms with E-state index in [1.165, 1.54) is 0 Å². The third kappa shape index (κ3) is 3.15. The molecule has 1 aliphatic heterocycles. The lowest BCUT2D eigenvalue weighted by Crippen LogP contribution is -2.26. The molecule has 110 valence electrons. The van der Waals surface area contributed by atoms with E-state index in [1.54, 1.807) is 19.5 Å². The molecule has 0 radical (unpaired) electrons. The molecule has 2 aromatic rings. The second kappa shape index (κ2) is 5.86. The van der Waals surface area contributed by atoms with Crippen molar-refractivity contribution in [2.24, 2.45) is 0 Å². The van der Waals surface area contributed by atoms with Gasteiger partial charge in [0, 0.05) is 13.0 Å². The molecule has 3 heterocycles. The van der Waals surface area contributed by atoms with Crippen molar-refractivity contribution in [1.29, 1.82) is 0 Å². The standard InChI is InChI=1S/C13H14FN5O2/c1-20-11-6-17-13(18-7-11)21-10-2-3-19(8-10)12-15-4-9(14)5-16-12/h4-7,10H,2-3,8H2,1H3. The van der Waals surface area contributed by atoms with Crippen LogP contribution in [0.1, 0.15) is 6.42 Å². The van der Waals surface area contributed by atoms with Gasteiger partial charge in [-0.25, -0.2) is 14.4 Å². The van der Waals surface area contributed by atoms with Crippen molar-refractivity contribution in [3.63, 3.8) is 0 Å². The van der Waals surface area contributed by atoms with Crippen LogP contribution in [0.5, 0.6) is 11.8 Å². The number of anilines is 1. The average Bonchev–Trinajstić information content (AvgIpc) is 2.97. The molecule has 0 saturated carbocycles. The highest BCUT2D eigenvalue weighted by Crippen LogP contribution is 2.19. The van der Waals surface area contributed by atoms with E-state index >= 15 is 0 Å². The number of ether oxygens (including phenoxy) is 2. The lowest BCUT2D eigenvalue weighted by Gasteiger charge is -2.16. The summed E-state index contributed by atoms with van der Waals surface area (Å²) in [6.07, 6.45) is 6.17. The molecule has 1 fully saturated rings. The summed E-state index contributed by atoms with van der Waals surface area (Å²) in [7, 11) is 1.55. The third-order valence-electron chi connectivity index (χ3n) is 3.15. The highest BCUT2D eigenvalue weighted by Gasteiger charge is 2.26. The minimum atomic E-state index is -0.447. The Balaban J connectivity index is 1.60. The van der Waals surface area contributed by atoms with Gasteiger partial charge in [0.2, 0.25) is 5.95 Å². The molecule has 0 aromatic carbocycles. The highest BCUT2D eigenvalue weighted by atomic mass is 19.1. The van der Waals surface area contributed by atoms with Gasteiger partial charge in [-0.1, -0.05) is 0 Å². The number of nitrogens with zero attached hydrogens (tertiary/aromatic N) is 5. The number of aromatic nitrogens is 4. The summed E-state index contributed by atoms with van der Waals surface area (Å²) in [5.74, 6) is 0.630. The largest absolute Gasteiger partial charge is 0.494 e. The topological polar surface area (TPSA) is 73.3 Å². The van der Waals surface area contributed by atoms with Crippen molar-refractivity contribution in [3.8, 4) is 11.8 Å². The molecule has 0 spiro atoms. The van der Waals surface area contributed by atoms with Gasteiger partial charge in [0.25, 0.3) is 0 Å². The Labute approximate surface area is 120 Å². The molecule has 8 heteroatoms. The molecule has 0 bridgehead atoms. The first-order valence-corrected chi connectivity index (χ1v) is 6.50. The van der Waals surface area contributed by atoms with Gasteiger partial charge < -0.3 is 14.4 Å². The van der Waals surface area contributed by atoms with Gasteiger partial charge >= 0.3 is 6.01 Å². The Morgan fingerprint density at radius 3 is 2.52 bits per heavy atom. The van der Waals surface area contributed by atoms with Crippen LogP contribution in [-0.2, 0) is 0 Å². The molecule has 0 aliphatic carbocycles. The van der Waals surface area contributed by atoms with Gasteiger partial charge in [-0.2, -0.15) is 9.97 Å². The van der Waals surface area contributed by atoms with E-state index in [0.29, 0.717) is 24.3 Å². The fraction of sp³-hybridized carbons (Fsp3) is 0.385. The van der Waals surface area contributed by atoms with Gasteiger partial charge in [-0.15, -0.1) is 0 Å². The molecule has 1 atom stereocenters.